The molecule has 1 heterocycles. The molecule has 0 spiro atoms. The number of likely N-dealkylation sites (tertiary alicyclic amines) is 1. The van der Waals surface area contributed by atoms with Crippen LogP contribution in [0, 0.1) is 0 Å². The van der Waals surface area contributed by atoms with Gasteiger partial charge in [0.15, 0.2) is 0 Å². The topological polar surface area (TPSA) is 58.6 Å². The SMILES string of the molecule is CNC(=O)C1CCCCN1C(=O)COC(C)C. The maximum atomic E-state index is 12.0. The summed E-state index contributed by atoms with van der Waals surface area (Å²) in [4.78, 5) is 25.3. The summed E-state index contributed by atoms with van der Waals surface area (Å²) in [5, 5.41) is 2.61. The third-order valence-corrected chi connectivity index (χ3v) is 2.91. The normalized spacial score (nSPS) is 20.5. The van der Waals surface area contributed by atoms with Gasteiger partial charge in [0.25, 0.3) is 0 Å². The van der Waals surface area contributed by atoms with Crippen LogP contribution in [0.4, 0.5) is 0 Å². The Bertz CT molecular complexity index is 279. The van der Waals surface area contributed by atoms with E-state index in [0.29, 0.717) is 6.54 Å². The summed E-state index contributed by atoms with van der Waals surface area (Å²) in [6.45, 7) is 4.49. The van der Waals surface area contributed by atoms with Crippen molar-refractivity contribution < 1.29 is 14.3 Å². The molecule has 0 bridgehead atoms. The number of carbonyl (C=O) groups excluding carboxylic acids is 2. The van der Waals surface area contributed by atoms with Gasteiger partial charge in [-0.15, -0.1) is 0 Å². The third kappa shape index (κ3) is 4.00. The highest BCUT2D eigenvalue weighted by Crippen LogP contribution is 2.17. The van der Waals surface area contributed by atoms with Crippen LogP contribution >= 0.6 is 0 Å². The summed E-state index contributed by atoms with van der Waals surface area (Å²) in [7, 11) is 1.60. The lowest BCUT2D eigenvalue weighted by atomic mass is 10.0. The van der Waals surface area contributed by atoms with Crippen molar-refractivity contribution in [3.8, 4) is 0 Å². The molecule has 0 aromatic heterocycles. The molecule has 5 nitrogen and oxygen atoms in total. The zero-order valence-corrected chi connectivity index (χ0v) is 10.9. The van der Waals surface area contributed by atoms with Gasteiger partial charge < -0.3 is 15.0 Å². The molecule has 1 N–H and O–H groups in total. The monoisotopic (exact) mass is 242 g/mol. The standard InChI is InChI=1S/C12H22N2O3/c1-9(2)17-8-11(15)14-7-5-4-6-10(14)12(16)13-3/h9-10H,4-8H2,1-3H3,(H,13,16). The number of piperidine rings is 1. The van der Waals surface area contributed by atoms with Gasteiger partial charge in [-0.3, -0.25) is 9.59 Å². The molecule has 98 valence electrons. The van der Waals surface area contributed by atoms with E-state index in [1.54, 1.807) is 11.9 Å². The first-order chi connectivity index (χ1) is 8.06. The van der Waals surface area contributed by atoms with Crippen LogP contribution in [0.2, 0.25) is 0 Å². The van der Waals surface area contributed by atoms with Gasteiger partial charge in [-0.05, 0) is 33.1 Å². The van der Waals surface area contributed by atoms with E-state index in [4.69, 9.17) is 4.74 Å². The summed E-state index contributed by atoms with van der Waals surface area (Å²) < 4.78 is 5.30. The van der Waals surface area contributed by atoms with Crippen molar-refractivity contribution in [3.05, 3.63) is 0 Å². The van der Waals surface area contributed by atoms with Crippen molar-refractivity contribution in [1.29, 1.82) is 0 Å². The Hall–Kier alpha value is -1.10. The van der Waals surface area contributed by atoms with Crippen LogP contribution in [0.3, 0.4) is 0 Å². The number of nitrogens with one attached hydrogen (secondary N) is 1. The predicted molar refractivity (Wildman–Crippen MR) is 64.5 cm³/mol. The summed E-state index contributed by atoms with van der Waals surface area (Å²) in [6, 6.07) is -0.322. The molecular formula is C12H22N2O3. The van der Waals surface area contributed by atoms with E-state index in [9.17, 15) is 9.59 Å². The van der Waals surface area contributed by atoms with Gasteiger partial charge >= 0.3 is 0 Å². The fourth-order valence-corrected chi connectivity index (χ4v) is 1.99. The highest BCUT2D eigenvalue weighted by atomic mass is 16.5. The van der Waals surface area contributed by atoms with E-state index in [0.717, 1.165) is 19.3 Å². The minimum atomic E-state index is -0.322. The van der Waals surface area contributed by atoms with Crippen molar-refractivity contribution in [2.45, 2.75) is 45.3 Å². The molecule has 1 fully saturated rings. The fourth-order valence-electron chi connectivity index (χ4n) is 1.99. The molecule has 1 saturated heterocycles. The number of likely N-dealkylation sites (N-methyl/N-ethyl adjacent to an activating group) is 1. The smallest absolute Gasteiger partial charge is 0.249 e. The average molecular weight is 242 g/mol. The van der Waals surface area contributed by atoms with Crippen LogP contribution in [0.15, 0.2) is 0 Å². The van der Waals surface area contributed by atoms with Gasteiger partial charge in [0.2, 0.25) is 11.8 Å². The molecule has 0 saturated carbocycles. The van der Waals surface area contributed by atoms with Crippen molar-refractivity contribution in [2.75, 3.05) is 20.2 Å². The number of hydrogen-bond donors (Lipinski definition) is 1. The summed E-state index contributed by atoms with van der Waals surface area (Å²) >= 11 is 0. The van der Waals surface area contributed by atoms with Gasteiger partial charge in [0.1, 0.15) is 12.6 Å². The van der Waals surface area contributed by atoms with Crippen molar-refractivity contribution in [1.82, 2.24) is 10.2 Å². The zero-order chi connectivity index (χ0) is 12.8. The number of ether oxygens (including phenoxy) is 1. The fraction of sp³-hybridized carbons (Fsp3) is 0.833. The van der Waals surface area contributed by atoms with Crippen molar-refractivity contribution in [3.63, 3.8) is 0 Å². The maximum absolute atomic E-state index is 12.0. The van der Waals surface area contributed by atoms with Crippen LogP contribution in [-0.2, 0) is 14.3 Å². The van der Waals surface area contributed by atoms with Crippen LogP contribution in [-0.4, -0.2) is 49.1 Å². The van der Waals surface area contributed by atoms with Gasteiger partial charge in [-0.1, -0.05) is 0 Å². The molecule has 1 atom stereocenters. The number of amides is 2. The molecule has 0 radical (unpaired) electrons. The van der Waals surface area contributed by atoms with E-state index in [2.05, 4.69) is 5.32 Å². The van der Waals surface area contributed by atoms with E-state index < -0.39 is 0 Å². The van der Waals surface area contributed by atoms with Gasteiger partial charge in [-0.25, -0.2) is 0 Å². The minimum absolute atomic E-state index is 0.0298. The second-order valence-corrected chi connectivity index (χ2v) is 4.57. The molecule has 17 heavy (non-hydrogen) atoms. The maximum Gasteiger partial charge on any atom is 0.249 e. The molecule has 5 heteroatoms. The third-order valence-electron chi connectivity index (χ3n) is 2.91. The quantitative estimate of drug-likeness (QED) is 0.782. The lowest BCUT2D eigenvalue weighted by Crippen LogP contribution is -2.52. The molecule has 2 amide bonds. The summed E-state index contributed by atoms with van der Waals surface area (Å²) in [5.74, 6) is -0.172. The second-order valence-electron chi connectivity index (χ2n) is 4.57. The van der Waals surface area contributed by atoms with Crippen LogP contribution in [0.25, 0.3) is 0 Å². The lowest BCUT2D eigenvalue weighted by molar-refractivity contribution is -0.146. The Morgan fingerprint density at radius 1 is 1.41 bits per heavy atom. The van der Waals surface area contributed by atoms with Crippen molar-refractivity contribution in [2.24, 2.45) is 0 Å². The Morgan fingerprint density at radius 3 is 2.71 bits per heavy atom. The van der Waals surface area contributed by atoms with Gasteiger partial charge in [-0.2, -0.15) is 0 Å². The van der Waals surface area contributed by atoms with E-state index in [1.165, 1.54) is 0 Å². The number of carbonyl (C=O) groups is 2. The molecule has 1 aliphatic rings. The molecular weight excluding hydrogens is 220 g/mol. The highest BCUT2D eigenvalue weighted by molar-refractivity contribution is 5.88. The predicted octanol–water partition coefficient (Wildman–Crippen LogP) is 0.538. The number of hydrogen-bond acceptors (Lipinski definition) is 3. The molecule has 1 aliphatic heterocycles. The van der Waals surface area contributed by atoms with E-state index >= 15 is 0 Å². The molecule has 0 aliphatic carbocycles. The first-order valence-corrected chi connectivity index (χ1v) is 6.19. The first-order valence-electron chi connectivity index (χ1n) is 6.19. The molecule has 1 rings (SSSR count). The Kier molecular flexibility index (Phi) is 5.41. The number of rotatable bonds is 4. The van der Waals surface area contributed by atoms with Crippen LogP contribution in [0.5, 0.6) is 0 Å². The van der Waals surface area contributed by atoms with Crippen LogP contribution in [0.1, 0.15) is 33.1 Å². The minimum Gasteiger partial charge on any atom is -0.369 e. The van der Waals surface area contributed by atoms with E-state index in [-0.39, 0.29) is 30.6 Å². The second kappa shape index (κ2) is 6.59. The Morgan fingerprint density at radius 2 is 2.12 bits per heavy atom. The highest BCUT2D eigenvalue weighted by Gasteiger charge is 2.31. The van der Waals surface area contributed by atoms with E-state index in [1.807, 2.05) is 13.8 Å². The summed E-state index contributed by atoms with van der Waals surface area (Å²) in [6.07, 6.45) is 2.73. The largest absolute Gasteiger partial charge is 0.369 e. The molecule has 0 aromatic rings. The number of nitrogens with zero attached hydrogens (tertiary/aromatic N) is 1. The molecule has 0 aromatic carbocycles. The Balaban J connectivity index is 2.58. The average Bonchev–Trinajstić information content (AvgIpc) is 2.34. The van der Waals surface area contributed by atoms with Gasteiger partial charge in [0.05, 0.1) is 6.10 Å². The zero-order valence-electron chi connectivity index (χ0n) is 10.9. The molecule has 1 unspecified atom stereocenters. The summed E-state index contributed by atoms with van der Waals surface area (Å²) in [5.41, 5.74) is 0. The van der Waals surface area contributed by atoms with Gasteiger partial charge in [0, 0.05) is 13.6 Å². The first kappa shape index (κ1) is 14.0. The van der Waals surface area contributed by atoms with Crippen LogP contribution < -0.4 is 5.32 Å². The Labute approximate surface area is 102 Å². The van der Waals surface area contributed by atoms with Crippen molar-refractivity contribution >= 4 is 11.8 Å². The lowest BCUT2D eigenvalue weighted by Gasteiger charge is -2.34.